The number of piperidine rings is 1. The fourth-order valence-corrected chi connectivity index (χ4v) is 6.16. The van der Waals surface area contributed by atoms with Crippen molar-refractivity contribution < 1.29 is 4.79 Å². The number of nitrogens with one attached hydrogen (secondary N) is 2. The average molecular weight is 465 g/mol. The first-order chi connectivity index (χ1) is 16.1. The van der Waals surface area contributed by atoms with E-state index in [1.807, 2.05) is 17.5 Å². The van der Waals surface area contributed by atoms with Gasteiger partial charge in [-0.3, -0.25) is 14.6 Å². The summed E-state index contributed by atoms with van der Waals surface area (Å²) in [6.45, 7) is 3.47. The lowest BCUT2D eigenvalue weighted by atomic mass is 9.96. The standard InChI is InChI=1S/C26H32N4O2S/c1-17-9-6-7-13-20(17)21-16-33-23-22(21)28-26(29-25(23)32)30-14-8-10-18(15-30)24(31)27-19-11-4-2-3-5-12-19/h6-7,9,13,16,18-19H,2-5,8,10-12,14-15H2,1H3,(H,27,31)(H,28,29,32). The summed E-state index contributed by atoms with van der Waals surface area (Å²) < 4.78 is 0.650. The number of thiophene rings is 1. The lowest BCUT2D eigenvalue weighted by Crippen LogP contribution is -2.46. The normalized spacial score (nSPS) is 20.0. The molecular weight excluding hydrogens is 432 g/mol. The molecule has 1 aliphatic carbocycles. The van der Waals surface area contributed by atoms with Gasteiger partial charge in [0.15, 0.2) is 0 Å². The molecule has 0 radical (unpaired) electrons. The number of aryl methyl sites for hydroxylation is 1. The molecule has 2 N–H and O–H groups in total. The second kappa shape index (κ2) is 9.67. The zero-order valence-corrected chi connectivity index (χ0v) is 20.0. The number of carbonyl (C=O) groups is 1. The Morgan fingerprint density at radius 3 is 2.67 bits per heavy atom. The van der Waals surface area contributed by atoms with Crippen molar-refractivity contribution in [2.24, 2.45) is 5.92 Å². The van der Waals surface area contributed by atoms with Gasteiger partial charge in [0, 0.05) is 30.1 Å². The summed E-state index contributed by atoms with van der Waals surface area (Å²) in [7, 11) is 0. The molecule has 1 saturated heterocycles. The van der Waals surface area contributed by atoms with E-state index in [1.165, 1.54) is 37.0 Å². The van der Waals surface area contributed by atoms with E-state index in [4.69, 9.17) is 4.98 Å². The number of aromatic amines is 1. The minimum absolute atomic E-state index is 0.0682. The van der Waals surface area contributed by atoms with Crippen LogP contribution in [0.1, 0.15) is 56.9 Å². The highest BCUT2D eigenvalue weighted by Crippen LogP contribution is 2.34. The van der Waals surface area contributed by atoms with Crippen molar-refractivity contribution in [3.8, 4) is 11.1 Å². The highest BCUT2D eigenvalue weighted by molar-refractivity contribution is 7.17. The lowest BCUT2D eigenvalue weighted by Gasteiger charge is -2.33. The summed E-state index contributed by atoms with van der Waals surface area (Å²) in [4.78, 5) is 35.9. The van der Waals surface area contributed by atoms with Crippen molar-refractivity contribution in [3.05, 3.63) is 45.6 Å². The molecule has 2 aliphatic rings. The Morgan fingerprint density at radius 1 is 1.09 bits per heavy atom. The number of benzene rings is 1. The number of hydrogen-bond acceptors (Lipinski definition) is 5. The SMILES string of the molecule is Cc1ccccc1-c1csc2c(=O)[nH]c(N3CCCC(C(=O)NC4CCCCCC4)C3)nc12. The number of amides is 1. The summed E-state index contributed by atoms with van der Waals surface area (Å²) in [5.41, 5.74) is 3.91. The van der Waals surface area contributed by atoms with E-state index >= 15 is 0 Å². The lowest BCUT2D eigenvalue weighted by molar-refractivity contribution is -0.126. The predicted molar refractivity (Wildman–Crippen MR) is 135 cm³/mol. The van der Waals surface area contributed by atoms with Gasteiger partial charge in [-0.2, -0.15) is 0 Å². The van der Waals surface area contributed by atoms with E-state index in [-0.39, 0.29) is 17.4 Å². The maximum Gasteiger partial charge on any atom is 0.270 e. The molecule has 33 heavy (non-hydrogen) atoms. The molecule has 7 heteroatoms. The van der Waals surface area contributed by atoms with E-state index in [1.54, 1.807) is 0 Å². The first-order valence-corrected chi connectivity index (χ1v) is 13.1. The Labute approximate surface area is 198 Å². The number of nitrogens with zero attached hydrogens (tertiary/aromatic N) is 2. The topological polar surface area (TPSA) is 78.1 Å². The van der Waals surface area contributed by atoms with Crippen LogP contribution in [0.5, 0.6) is 0 Å². The predicted octanol–water partition coefficient (Wildman–Crippen LogP) is 5.02. The summed E-state index contributed by atoms with van der Waals surface area (Å²) >= 11 is 1.44. The third kappa shape index (κ3) is 4.69. The second-order valence-electron chi connectivity index (χ2n) is 9.51. The summed E-state index contributed by atoms with van der Waals surface area (Å²) in [6, 6.07) is 8.50. The fraction of sp³-hybridized carbons (Fsp3) is 0.500. The average Bonchev–Trinajstić information content (AvgIpc) is 3.09. The van der Waals surface area contributed by atoms with Crippen LogP contribution in [-0.2, 0) is 4.79 Å². The summed E-state index contributed by atoms with van der Waals surface area (Å²) in [5.74, 6) is 0.667. The van der Waals surface area contributed by atoms with Crippen LogP contribution in [0, 0.1) is 12.8 Å². The van der Waals surface area contributed by atoms with Crippen molar-refractivity contribution >= 4 is 33.4 Å². The van der Waals surface area contributed by atoms with Gasteiger partial charge in [-0.25, -0.2) is 4.98 Å². The van der Waals surface area contributed by atoms with Crippen molar-refractivity contribution in [1.29, 1.82) is 0 Å². The smallest absolute Gasteiger partial charge is 0.270 e. The number of aromatic nitrogens is 2. The fourth-order valence-electron chi connectivity index (χ4n) is 5.26. The first-order valence-electron chi connectivity index (χ1n) is 12.2. The van der Waals surface area contributed by atoms with Crippen LogP contribution in [0.4, 0.5) is 5.95 Å². The minimum atomic E-state index is -0.107. The molecule has 1 amide bonds. The molecule has 3 heterocycles. The Morgan fingerprint density at radius 2 is 1.88 bits per heavy atom. The van der Waals surface area contributed by atoms with E-state index in [9.17, 15) is 9.59 Å². The first kappa shape index (κ1) is 22.1. The molecule has 1 aliphatic heterocycles. The quantitative estimate of drug-likeness (QED) is 0.532. The molecule has 2 fully saturated rings. The van der Waals surface area contributed by atoms with Crippen LogP contribution in [-0.4, -0.2) is 35.0 Å². The van der Waals surface area contributed by atoms with Gasteiger partial charge < -0.3 is 10.2 Å². The number of H-pyrrole nitrogens is 1. The highest BCUT2D eigenvalue weighted by atomic mass is 32.1. The molecule has 0 bridgehead atoms. The van der Waals surface area contributed by atoms with Crippen molar-refractivity contribution in [2.75, 3.05) is 18.0 Å². The van der Waals surface area contributed by atoms with Gasteiger partial charge in [-0.1, -0.05) is 49.9 Å². The number of rotatable bonds is 4. The van der Waals surface area contributed by atoms with Crippen LogP contribution in [0.25, 0.3) is 21.3 Å². The molecule has 1 aromatic carbocycles. The van der Waals surface area contributed by atoms with Gasteiger partial charge in [0.2, 0.25) is 11.9 Å². The molecule has 5 rings (SSSR count). The molecule has 3 aromatic rings. The van der Waals surface area contributed by atoms with Crippen molar-refractivity contribution in [1.82, 2.24) is 15.3 Å². The summed E-state index contributed by atoms with van der Waals surface area (Å²) in [6.07, 6.45) is 8.94. The van der Waals surface area contributed by atoms with Crippen molar-refractivity contribution in [3.63, 3.8) is 0 Å². The molecule has 1 saturated carbocycles. The van der Waals surface area contributed by atoms with Crippen LogP contribution in [0.3, 0.4) is 0 Å². The zero-order chi connectivity index (χ0) is 22.8. The van der Waals surface area contributed by atoms with Crippen LogP contribution in [0.15, 0.2) is 34.4 Å². The maximum absolute atomic E-state index is 13.0. The number of fused-ring (bicyclic) bond motifs is 1. The third-order valence-electron chi connectivity index (χ3n) is 7.14. The van der Waals surface area contributed by atoms with Crippen molar-refractivity contribution in [2.45, 2.75) is 64.3 Å². The Balaban J connectivity index is 1.38. The highest BCUT2D eigenvalue weighted by Gasteiger charge is 2.29. The number of hydrogen-bond donors (Lipinski definition) is 2. The molecule has 174 valence electrons. The third-order valence-corrected chi connectivity index (χ3v) is 8.11. The van der Waals surface area contributed by atoms with E-state index < -0.39 is 0 Å². The van der Waals surface area contributed by atoms with Crippen LogP contribution in [0.2, 0.25) is 0 Å². The molecule has 2 aromatic heterocycles. The molecule has 0 spiro atoms. The van der Waals surface area contributed by atoms with Gasteiger partial charge in [-0.15, -0.1) is 11.3 Å². The van der Waals surface area contributed by atoms with E-state index in [0.29, 0.717) is 23.2 Å². The van der Waals surface area contributed by atoms with E-state index in [2.05, 4.69) is 34.3 Å². The Hall–Kier alpha value is -2.67. The molecule has 1 atom stereocenters. The number of carbonyl (C=O) groups excluding carboxylic acids is 1. The molecule has 6 nitrogen and oxygen atoms in total. The Bertz CT molecular complexity index is 1190. The van der Waals surface area contributed by atoms with E-state index in [0.717, 1.165) is 54.4 Å². The van der Waals surface area contributed by atoms with Gasteiger partial charge in [0.1, 0.15) is 4.70 Å². The molecular formula is C26H32N4O2S. The van der Waals surface area contributed by atoms with Crippen LogP contribution < -0.4 is 15.8 Å². The minimum Gasteiger partial charge on any atom is -0.353 e. The number of anilines is 1. The Kier molecular flexibility index (Phi) is 6.49. The van der Waals surface area contributed by atoms with Gasteiger partial charge in [-0.05, 0) is 43.7 Å². The molecule has 1 unspecified atom stereocenters. The second-order valence-corrected chi connectivity index (χ2v) is 10.4. The maximum atomic E-state index is 13.0. The van der Waals surface area contributed by atoms with Gasteiger partial charge in [0.25, 0.3) is 5.56 Å². The zero-order valence-electron chi connectivity index (χ0n) is 19.2. The van der Waals surface area contributed by atoms with Crippen LogP contribution >= 0.6 is 11.3 Å². The van der Waals surface area contributed by atoms with Gasteiger partial charge >= 0.3 is 0 Å². The summed E-state index contributed by atoms with van der Waals surface area (Å²) in [5, 5.41) is 5.34. The largest absolute Gasteiger partial charge is 0.353 e. The monoisotopic (exact) mass is 464 g/mol. The van der Waals surface area contributed by atoms with Gasteiger partial charge in [0.05, 0.1) is 11.4 Å².